The fourth-order valence-corrected chi connectivity index (χ4v) is 2.52. The van der Waals surface area contributed by atoms with E-state index in [4.69, 9.17) is 15.0 Å². The number of sulfone groups is 1. The molecule has 2 aromatic rings. The molecule has 0 radical (unpaired) electrons. The first-order valence-corrected chi connectivity index (χ1v) is 7.53. The molecule has 2 N–H and O–H groups in total. The minimum atomic E-state index is -3.23. The van der Waals surface area contributed by atoms with Crippen LogP contribution in [-0.2, 0) is 15.6 Å². The van der Waals surface area contributed by atoms with Gasteiger partial charge in [0.25, 0.3) is 0 Å². The highest BCUT2D eigenvalue weighted by Gasteiger charge is 2.21. The minimum Gasteiger partial charge on any atom is -0.496 e. The fourth-order valence-electron chi connectivity index (χ4n) is 1.82. The first-order valence-electron chi connectivity index (χ1n) is 5.47. The highest BCUT2D eigenvalue weighted by atomic mass is 32.2. The van der Waals surface area contributed by atoms with Crippen LogP contribution < -0.4 is 10.5 Å². The molecule has 0 bridgehead atoms. The van der Waals surface area contributed by atoms with E-state index < -0.39 is 9.84 Å². The zero-order valence-corrected chi connectivity index (χ0v) is 11.4. The topological polar surface area (TPSA) is 95.4 Å². The molecule has 7 heteroatoms. The summed E-state index contributed by atoms with van der Waals surface area (Å²) in [5, 5.41) is 3.72. The van der Waals surface area contributed by atoms with Crippen LogP contribution in [0, 0.1) is 0 Å². The molecule has 0 spiro atoms. The van der Waals surface area contributed by atoms with Crippen LogP contribution in [0.25, 0.3) is 11.1 Å². The van der Waals surface area contributed by atoms with Gasteiger partial charge in [-0.05, 0) is 6.07 Å². The summed E-state index contributed by atoms with van der Waals surface area (Å²) in [6, 6.07) is 7.14. The normalized spacial score (nSPS) is 11.5. The molecule has 0 aliphatic carbocycles. The van der Waals surface area contributed by atoms with E-state index in [1.165, 1.54) is 7.11 Å². The van der Waals surface area contributed by atoms with Crippen LogP contribution in [0.4, 0.5) is 5.88 Å². The van der Waals surface area contributed by atoms with E-state index in [-0.39, 0.29) is 17.3 Å². The summed E-state index contributed by atoms with van der Waals surface area (Å²) >= 11 is 0. The number of aromatic nitrogens is 1. The van der Waals surface area contributed by atoms with Crippen molar-refractivity contribution in [3.63, 3.8) is 0 Å². The molecule has 0 unspecified atom stereocenters. The summed E-state index contributed by atoms with van der Waals surface area (Å²) in [5.74, 6) is 0.413. The van der Waals surface area contributed by atoms with Crippen molar-refractivity contribution >= 4 is 15.7 Å². The van der Waals surface area contributed by atoms with Crippen molar-refractivity contribution in [1.29, 1.82) is 0 Å². The molecule has 0 atom stereocenters. The number of benzene rings is 1. The highest BCUT2D eigenvalue weighted by Crippen LogP contribution is 2.36. The highest BCUT2D eigenvalue weighted by molar-refractivity contribution is 7.89. The average molecular weight is 282 g/mol. The summed E-state index contributed by atoms with van der Waals surface area (Å²) < 4.78 is 32.9. The summed E-state index contributed by atoms with van der Waals surface area (Å²) in [4.78, 5) is 0. The van der Waals surface area contributed by atoms with E-state index >= 15 is 0 Å². The van der Waals surface area contributed by atoms with E-state index in [1.807, 2.05) is 6.07 Å². The number of anilines is 1. The van der Waals surface area contributed by atoms with Gasteiger partial charge in [-0.2, -0.15) is 0 Å². The molecule has 0 aliphatic heterocycles. The van der Waals surface area contributed by atoms with Gasteiger partial charge in [-0.15, -0.1) is 0 Å². The third-order valence-electron chi connectivity index (χ3n) is 2.56. The van der Waals surface area contributed by atoms with Crippen LogP contribution in [-0.4, -0.2) is 26.9 Å². The largest absolute Gasteiger partial charge is 0.496 e. The lowest BCUT2D eigenvalue weighted by Gasteiger charge is -2.07. The van der Waals surface area contributed by atoms with Crippen molar-refractivity contribution in [2.75, 3.05) is 19.1 Å². The molecule has 19 heavy (non-hydrogen) atoms. The van der Waals surface area contributed by atoms with Gasteiger partial charge in [0.05, 0.1) is 18.4 Å². The van der Waals surface area contributed by atoms with Crippen molar-refractivity contribution in [3.05, 3.63) is 30.0 Å². The molecule has 1 aromatic carbocycles. The monoisotopic (exact) mass is 282 g/mol. The lowest BCUT2D eigenvalue weighted by Crippen LogP contribution is -2.03. The Morgan fingerprint density at radius 2 is 2.05 bits per heavy atom. The van der Waals surface area contributed by atoms with E-state index in [1.54, 1.807) is 18.2 Å². The van der Waals surface area contributed by atoms with Gasteiger partial charge >= 0.3 is 0 Å². The predicted molar refractivity (Wildman–Crippen MR) is 71.5 cm³/mol. The van der Waals surface area contributed by atoms with Gasteiger partial charge in [0.2, 0.25) is 5.88 Å². The summed E-state index contributed by atoms with van der Waals surface area (Å²) in [6.07, 6.45) is 1.13. The summed E-state index contributed by atoms with van der Waals surface area (Å²) in [5.41, 5.74) is 7.13. The maximum atomic E-state index is 11.4. The van der Waals surface area contributed by atoms with E-state index in [0.717, 1.165) is 6.26 Å². The minimum absolute atomic E-state index is 0.0724. The first kappa shape index (κ1) is 13.4. The van der Waals surface area contributed by atoms with Crippen LogP contribution in [0.3, 0.4) is 0 Å². The maximum absolute atomic E-state index is 11.4. The molecular formula is C12H14N2O4S. The standard InChI is InChI=1S/C12H14N2O4S/c1-17-10-6-4-3-5-8(10)11-9(7-19(2,15)16)14-18-12(11)13/h3-6H,7,13H2,1-2H3. The molecule has 1 aromatic heterocycles. The second-order valence-electron chi connectivity index (χ2n) is 4.14. The number of rotatable bonds is 4. The number of hydrogen-bond acceptors (Lipinski definition) is 6. The van der Waals surface area contributed by atoms with E-state index in [0.29, 0.717) is 16.9 Å². The van der Waals surface area contributed by atoms with Gasteiger partial charge in [-0.3, -0.25) is 0 Å². The molecule has 0 amide bonds. The fraction of sp³-hybridized carbons (Fsp3) is 0.250. The van der Waals surface area contributed by atoms with Crippen molar-refractivity contribution in [2.24, 2.45) is 0 Å². The smallest absolute Gasteiger partial charge is 0.230 e. The number of hydrogen-bond donors (Lipinski definition) is 1. The lowest BCUT2D eigenvalue weighted by molar-refractivity contribution is 0.416. The van der Waals surface area contributed by atoms with Crippen LogP contribution in [0.2, 0.25) is 0 Å². The van der Waals surface area contributed by atoms with Crippen molar-refractivity contribution in [1.82, 2.24) is 5.16 Å². The first-order chi connectivity index (χ1) is 8.92. The Morgan fingerprint density at radius 3 is 2.68 bits per heavy atom. The SMILES string of the molecule is COc1ccccc1-c1c(CS(C)(=O)=O)noc1N. The molecule has 0 fully saturated rings. The zero-order valence-electron chi connectivity index (χ0n) is 10.6. The second kappa shape index (κ2) is 4.93. The molecule has 102 valence electrons. The van der Waals surface area contributed by atoms with Gasteiger partial charge in [0.1, 0.15) is 11.4 Å². The zero-order chi connectivity index (χ0) is 14.0. The Bertz CT molecular complexity index is 692. The van der Waals surface area contributed by atoms with Crippen LogP contribution in [0.15, 0.2) is 28.8 Å². The molecule has 1 heterocycles. The number of ether oxygens (including phenoxy) is 1. The predicted octanol–water partition coefficient (Wildman–Crippen LogP) is 1.48. The third kappa shape index (κ3) is 2.87. The molecule has 0 saturated heterocycles. The third-order valence-corrected chi connectivity index (χ3v) is 3.36. The Hall–Kier alpha value is -2.02. The van der Waals surface area contributed by atoms with Crippen molar-refractivity contribution < 1.29 is 17.7 Å². The van der Waals surface area contributed by atoms with Crippen LogP contribution in [0.5, 0.6) is 5.75 Å². The van der Waals surface area contributed by atoms with Gasteiger partial charge in [0, 0.05) is 11.8 Å². The van der Waals surface area contributed by atoms with Crippen molar-refractivity contribution in [2.45, 2.75) is 5.75 Å². The number of nitrogens with zero attached hydrogens (tertiary/aromatic N) is 1. The van der Waals surface area contributed by atoms with Gasteiger partial charge < -0.3 is 15.0 Å². The molecule has 6 nitrogen and oxygen atoms in total. The molecule has 0 aliphatic rings. The maximum Gasteiger partial charge on any atom is 0.230 e. The Kier molecular flexibility index (Phi) is 3.48. The Labute approximate surface area is 111 Å². The van der Waals surface area contributed by atoms with Gasteiger partial charge in [0.15, 0.2) is 9.84 Å². The summed E-state index contributed by atoms with van der Waals surface area (Å²) in [7, 11) is -1.71. The number of methoxy groups -OCH3 is 1. The molecule has 2 rings (SSSR count). The quantitative estimate of drug-likeness (QED) is 0.912. The number of nitrogen functional groups attached to an aromatic ring is 1. The lowest BCUT2D eigenvalue weighted by atomic mass is 10.1. The number of nitrogens with two attached hydrogens (primary N) is 1. The molecule has 0 saturated carbocycles. The summed E-state index contributed by atoms with van der Waals surface area (Å²) in [6.45, 7) is 0. The van der Waals surface area contributed by atoms with Crippen LogP contribution in [0.1, 0.15) is 5.69 Å². The van der Waals surface area contributed by atoms with Gasteiger partial charge in [-0.25, -0.2) is 8.42 Å². The van der Waals surface area contributed by atoms with Gasteiger partial charge in [-0.1, -0.05) is 23.4 Å². The Balaban J connectivity index is 2.59. The van der Waals surface area contributed by atoms with E-state index in [9.17, 15) is 8.42 Å². The average Bonchev–Trinajstić information content (AvgIpc) is 2.68. The second-order valence-corrected chi connectivity index (χ2v) is 6.28. The molecular weight excluding hydrogens is 268 g/mol. The Morgan fingerprint density at radius 1 is 1.37 bits per heavy atom. The van der Waals surface area contributed by atoms with Crippen molar-refractivity contribution in [3.8, 4) is 16.9 Å². The number of para-hydroxylation sites is 1. The van der Waals surface area contributed by atoms with Crippen LogP contribution >= 0.6 is 0 Å². The van der Waals surface area contributed by atoms with E-state index in [2.05, 4.69) is 5.16 Å².